The SMILES string of the molecule is CC1c2ccccc2CCN1C(=O)C1CC2CCCC(C1)C2N. The molecule has 0 aromatic heterocycles. The molecule has 2 N–H and O–H groups in total. The van der Waals surface area contributed by atoms with Crippen LogP contribution in [-0.2, 0) is 11.2 Å². The Morgan fingerprint density at radius 1 is 1.17 bits per heavy atom. The van der Waals surface area contributed by atoms with Crippen LogP contribution >= 0.6 is 0 Å². The third kappa shape index (κ3) is 2.59. The van der Waals surface area contributed by atoms with Crippen LogP contribution < -0.4 is 5.73 Å². The van der Waals surface area contributed by atoms with Gasteiger partial charge in [0.15, 0.2) is 0 Å². The largest absolute Gasteiger partial charge is 0.335 e. The van der Waals surface area contributed by atoms with Crippen LogP contribution in [0.2, 0.25) is 0 Å². The molecule has 2 saturated carbocycles. The second-order valence-electron chi connectivity index (χ2n) is 7.85. The van der Waals surface area contributed by atoms with E-state index in [1.54, 1.807) is 0 Å². The van der Waals surface area contributed by atoms with Gasteiger partial charge in [0.1, 0.15) is 0 Å². The summed E-state index contributed by atoms with van der Waals surface area (Å²) in [5.74, 6) is 1.74. The first kappa shape index (κ1) is 15.2. The third-order valence-corrected chi connectivity index (χ3v) is 6.64. The number of carbonyl (C=O) groups excluding carboxylic acids is 1. The van der Waals surface area contributed by atoms with Crippen molar-refractivity contribution in [3.05, 3.63) is 35.4 Å². The van der Waals surface area contributed by atoms with E-state index >= 15 is 0 Å². The molecule has 23 heavy (non-hydrogen) atoms. The molecule has 3 atom stereocenters. The summed E-state index contributed by atoms with van der Waals surface area (Å²) in [5.41, 5.74) is 9.13. The van der Waals surface area contributed by atoms with Gasteiger partial charge < -0.3 is 10.6 Å². The Kier molecular flexibility index (Phi) is 3.92. The molecule has 2 aliphatic carbocycles. The average molecular weight is 312 g/mol. The van der Waals surface area contributed by atoms with Gasteiger partial charge >= 0.3 is 0 Å². The van der Waals surface area contributed by atoms with Crippen molar-refractivity contribution in [2.24, 2.45) is 23.5 Å². The number of benzene rings is 1. The highest BCUT2D eigenvalue weighted by Crippen LogP contribution is 2.43. The van der Waals surface area contributed by atoms with E-state index in [9.17, 15) is 4.79 Å². The van der Waals surface area contributed by atoms with Crippen molar-refractivity contribution in [2.45, 2.75) is 57.5 Å². The van der Waals surface area contributed by atoms with E-state index in [1.165, 1.54) is 30.4 Å². The minimum absolute atomic E-state index is 0.206. The van der Waals surface area contributed by atoms with Crippen LogP contribution in [0, 0.1) is 17.8 Å². The molecule has 0 saturated heterocycles. The molecule has 3 nitrogen and oxygen atoms in total. The lowest BCUT2D eigenvalue weighted by Crippen LogP contribution is -2.50. The van der Waals surface area contributed by atoms with Crippen molar-refractivity contribution in [3.8, 4) is 0 Å². The van der Waals surface area contributed by atoms with Crippen molar-refractivity contribution in [3.63, 3.8) is 0 Å². The Hall–Kier alpha value is -1.35. The van der Waals surface area contributed by atoms with Crippen molar-refractivity contribution >= 4 is 5.91 Å². The summed E-state index contributed by atoms with van der Waals surface area (Å²) in [6, 6.07) is 9.14. The predicted octanol–water partition coefficient (Wildman–Crippen LogP) is 3.29. The molecule has 3 aliphatic rings. The molecule has 124 valence electrons. The summed E-state index contributed by atoms with van der Waals surface area (Å²) in [6.07, 6.45) is 6.77. The van der Waals surface area contributed by atoms with E-state index in [4.69, 9.17) is 5.73 Å². The molecule has 1 aromatic rings. The minimum Gasteiger partial charge on any atom is -0.335 e. The van der Waals surface area contributed by atoms with Crippen LogP contribution in [0.5, 0.6) is 0 Å². The summed E-state index contributed by atoms with van der Waals surface area (Å²) in [6.45, 7) is 3.06. The van der Waals surface area contributed by atoms with Crippen molar-refractivity contribution in [2.75, 3.05) is 6.54 Å². The maximum absolute atomic E-state index is 13.2. The maximum atomic E-state index is 13.2. The number of rotatable bonds is 1. The van der Waals surface area contributed by atoms with Crippen LogP contribution in [0.25, 0.3) is 0 Å². The van der Waals surface area contributed by atoms with E-state index in [-0.39, 0.29) is 12.0 Å². The zero-order valence-corrected chi connectivity index (χ0v) is 14.1. The number of hydrogen-bond acceptors (Lipinski definition) is 2. The summed E-state index contributed by atoms with van der Waals surface area (Å²) in [5, 5.41) is 0. The van der Waals surface area contributed by atoms with Gasteiger partial charge in [0.05, 0.1) is 6.04 Å². The predicted molar refractivity (Wildman–Crippen MR) is 91.8 cm³/mol. The number of amides is 1. The zero-order chi connectivity index (χ0) is 16.0. The number of fused-ring (bicyclic) bond motifs is 3. The molecule has 1 amide bonds. The molecule has 1 heterocycles. The second-order valence-corrected chi connectivity index (χ2v) is 7.85. The number of nitrogens with two attached hydrogens (primary N) is 1. The molecule has 2 bridgehead atoms. The van der Waals surface area contributed by atoms with Crippen LogP contribution in [0.15, 0.2) is 24.3 Å². The summed E-state index contributed by atoms with van der Waals surface area (Å²) >= 11 is 0. The van der Waals surface area contributed by atoms with Gasteiger partial charge in [-0.25, -0.2) is 0 Å². The summed E-state index contributed by atoms with van der Waals surface area (Å²) in [4.78, 5) is 15.3. The van der Waals surface area contributed by atoms with Gasteiger partial charge in [0.2, 0.25) is 5.91 Å². The van der Waals surface area contributed by atoms with Crippen LogP contribution in [-0.4, -0.2) is 23.4 Å². The number of hydrogen-bond donors (Lipinski definition) is 1. The third-order valence-electron chi connectivity index (χ3n) is 6.64. The van der Waals surface area contributed by atoms with Crippen molar-refractivity contribution in [1.82, 2.24) is 4.90 Å². The Morgan fingerprint density at radius 2 is 1.87 bits per heavy atom. The number of nitrogens with zero attached hydrogens (tertiary/aromatic N) is 1. The van der Waals surface area contributed by atoms with E-state index in [0.717, 1.165) is 25.8 Å². The van der Waals surface area contributed by atoms with Gasteiger partial charge in [-0.2, -0.15) is 0 Å². The number of carbonyl (C=O) groups is 1. The fourth-order valence-corrected chi connectivity index (χ4v) is 5.30. The van der Waals surface area contributed by atoms with Gasteiger partial charge in [-0.15, -0.1) is 0 Å². The molecule has 4 rings (SSSR count). The Bertz CT molecular complexity index is 585. The Labute approximate surface area is 139 Å². The maximum Gasteiger partial charge on any atom is 0.226 e. The Balaban J connectivity index is 1.52. The minimum atomic E-state index is 0.206. The highest BCUT2D eigenvalue weighted by Gasteiger charge is 2.42. The lowest BCUT2D eigenvalue weighted by molar-refractivity contribution is -0.141. The second kappa shape index (κ2) is 5.94. The van der Waals surface area contributed by atoms with Crippen LogP contribution in [0.4, 0.5) is 0 Å². The normalized spacial score (nSPS) is 36.4. The van der Waals surface area contributed by atoms with Gasteiger partial charge in [0.25, 0.3) is 0 Å². The molecule has 2 fully saturated rings. The fourth-order valence-electron chi connectivity index (χ4n) is 5.30. The highest BCUT2D eigenvalue weighted by molar-refractivity contribution is 5.80. The molecule has 3 unspecified atom stereocenters. The fraction of sp³-hybridized carbons (Fsp3) is 0.650. The first-order chi connectivity index (χ1) is 11.1. The van der Waals surface area contributed by atoms with Crippen molar-refractivity contribution < 1.29 is 4.79 Å². The first-order valence-corrected chi connectivity index (χ1v) is 9.29. The highest BCUT2D eigenvalue weighted by atomic mass is 16.2. The lowest BCUT2D eigenvalue weighted by Gasteiger charge is -2.46. The van der Waals surface area contributed by atoms with E-state index in [2.05, 4.69) is 36.1 Å². The van der Waals surface area contributed by atoms with E-state index < -0.39 is 0 Å². The quantitative estimate of drug-likeness (QED) is 0.865. The van der Waals surface area contributed by atoms with Crippen molar-refractivity contribution in [1.29, 1.82) is 0 Å². The summed E-state index contributed by atoms with van der Waals surface area (Å²) in [7, 11) is 0. The summed E-state index contributed by atoms with van der Waals surface area (Å²) < 4.78 is 0. The van der Waals surface area contributed by atoms with Crippen LogP contribution in [0.1, 0.15) is 56.2 Å². The van der Waals surface area contributed by atoms with Gasteiger partial charge in [-0.3, -0.25) is 4.79 Å². The molecular weight excluding hydrogens is 284 g/mol. The van der Waals surface area contributed by atoms with E-state index in [0.29, 0.717) is 23.8 Å². The molecule has 0 spiro atoms. The monoisotopic (exact) mass is 312 g/mol. The molecule has 3 heteroatoms. The molecule has 1 aliphatic heterocycles. The topological polar surface area (TPSA) is 46.3 Å². The molecule has 0 radical (unpaired) electrons. The average Bonchev–Trinajstić information content (AvgIpc) is 2.55. The molecule has 1 aromatic carbocycles. The molecular formula is C20H28N2O. The van der Waals surface area contributed by atoms with Crippen LogP contribution in [0.3, 0.4) is 0 Å². The van der Waals surface area contributed by atoms with Gasteiger partial charge in [-0.1, -0.05) is 30.7 Å². The smallest absolute Gasteiger partial charge is 0.226 e. The van der Waals surface area contributed by atoms with Gasteiger partial charge in [-0.05, 0) is 62.0 Å². The Morgan fingerprint density at radius 3 is 2.61 bits per heavy atom. The standard InChI is InChI=1S/C20H28N2O/c1-13-18-8-3-2-5-14(18)9-10-22(13)20(23)17-11-15-6-4-7-16(12-17)19(15)21/h2-3,5,8,13,15-17,19H,4,6-7,9-12,21H2,1H3. The van der Waals surface area contributed by atoms with E-state index in [1.807, 2.05) is 0 Å². The lowest BCUT2D eigenvalue weighted by atomic mass is 9.64. The first-order valence-electron chi connectivity index (χ1n) is 9.29. The van der Waals surface area contributed by atoms with Gasteiger partial charge in [0, 0.05) is 18.5 Å². The zero-order valence-electron chi connectivity index (χ0n) is 14.1.